The van der Waals surface area contributed by atoms with Crippen LogP contribution in [0.1, 0.15) is 18.4 Å². The van der Waals surface area contributed by atoms with Crippen molar-refractivity contribution in [3.8, 4) is 11.1 Å². The van der Waals surface area contributed by atoms with Crippen molar-refractivity contribution >= 4 is 23.5 Å². The Hall–Kier alpha value is -2.33. The fourth-order valence-corrected chi connectivity index (χ4v) is 2.24. The van der Waals surface area contributed by atoms with Crippen molar-refractivity contribution in [2.45, 2.75) is 12.8 Å². The summed E-state index contributed by atoms with van der Waals surface area (Å²) in [6, 6.07) is 14.1. The van der Waals surface area contributed by atoms with Gasteiger partial charge in [0.2, 0.25) is 0 Å². The zero-order valence-corrected chi connectivity index (χ0v) is 12.7. The zero-order chi connectivity index (χ0) is 16.1. The van der Waals surface area contributed by atoms with Crippen molar-refractivity contribution in [2.24, 2.45) is 0 Å². The fraction of sp³-hybridized carbons (Fsp3) is 0.176. The fourth-order valence-electron chi connectivity index (χ4n) is 2.12. The molecule has 0 aliphatic carbocycles. The first-order valence-electron chi connectivity index (χ1n) is 6.78. The van der Waals surface area contributed by atoms with Gasteiger partial charge in [-0.05, 0) is 35.7 Å². The molecule has 5 heteroatoms. The molecule has 0 heterocycles. The minimum absolute atomic E-state index is 0.144. The summed E-state index contributed by atoms with van der Waals surface area (Å²) in [5, 5.41) is 9.87. The van der Waals surface area contributed by atoms with Crippen LogP contribution in [-0.2, 0) is 14.3 Å². The number of aliphatic carboxylic acids is 1. The molecule has 0 bridgehead atoms. The van der Waals surface area contributed by atoms with Crippen molar-refractivity contribution in [1.82, 2.24) is 0 Å². The van der Waals surface area contributed by atoms with E-state index in [1.807, 2.05) is 12.1 Å². The SMILES string of the molecule is CCOC(=O)C(C(=O)O)c1ccc(-c2ccc(Cl)cc2)cc1. The normalized spacial score (nSPS) is 11.7. The first-order chi connectivity index (χ1) is 10.5. The summed E-state index contributed by atoms with van der Waals surface area (Å²) in [5.74, 6) is -3.29. The third-order valence-electron chi connectivity index (χ3n) is 3.19. The number of hydrogen-bond acceptors (Lipinski definition) is 3. The van der Waals surface area contributed by atoms with Crippen molar-refractivity contribution in [3.63, 3.8) is 0 Å². The maximum atomic E-state index is 11.8. The average molecular weight is 319 g/mol. The standard InChI is InChI=1S/C17H15ClO4/c1-2-22-17(21)15(16(19)20)13-5-3-11(4-6-13)12-7-9-14(18)10-8-12/h3-10,15H,2H2,1H3,(H,19,20). The number of benzene rings is 2. The van der Waals surface area contributed by atoms with E-state index < -0.39 is 17.9 Å². The topological polar surface area (TPSA) is 63.6 Å². The van der Waals surface area contributed by atoms with Gasteiger partial charge in [-0.2, -0.15) is 0 Å². The van der Waals surface area contributed by atoms with Crippen molar-refractivity contribution < 1.29 is 19.4 Å². The molecule has 0 radical (unpaired) electrons. The van der Waals surface area contributed by atoms with E-state index in [0.717, 1.165) is 11.1 Å². The van der Waals surface area contributed by atoms with Gasteiger partial charge >= 0.3 is 11.9 Å². The number of halogens is 1. The van der Waals surface area contributed by atoms with Crippen LogP contribution in [0.2, 0.25) is 5.02 Å². The summed E-state index contributed by atoms with van der Waals surface area (Å²) in [6.45, 7) is 1.78. The largest absolute Gasteiger partial charge is 0.480 e. The summed E-state index contributed by atoms with van der Waals surface area (Å²) in [4.78, 5) is 23.1. The zero-order valence-electron chi connectivity index (χ0n) is 12.0. The lowest BCUT2D eigenvalue weighted by atomic mass is 9.96. The quantitative estimate of drug-likeness (QED) is 0.674. The molecule has 114 valence electrons. The molecule has 0 amide bonds. The highest BCUT2D eigenvalue weighted by Gasteiger charge is 2.29. The molecule has 0 saturated heterocycles. The highest BCUT2D eigenvalue weighted by molar-refractivity contribution is 6.30. The van der Waals surface area contributed by atoms with Crippen LogP contribution < -0.4 is 0 Å². The van der Waals surface area contributed by atoms with E-state index in [4.69, 9.17) is 16.3 Å². The summed E-state index contributed by atoms with van der Waals surface area (Å²) in [5.41, 5.74) is 2.26. The molecule has 0 fully saturated rings. The van der Waals surface area contributed by atoms with Crippen LogP contribution in [0.4, 0.5) is 0 Å². The van der Waals surface area contributed by atoms with Gasteiger partial charge in [-0.1, -0.05) is 48.0 Å². The molecule has 2 aromatic rings. The van der Waals surface area contributed by atoms with Crippen LogP contribution in [0, 0.1) is 0 Å². The van der Waals surface area contributed by atoms with Gasteiger partial charge in [0.25, 0.3) is 0 Å². The summed E-state index contributed by atoms with van der Waals surface area (Å²) < 4.78 is 4.81. The van der Waals surface area contributed by atoms with E-state index in [1.54, 1.807) is 43.3 Å². The molecule has 4 nitrogen and oxygen atoms in total. The van der Waals surface area contributed by atoms with Gasteiger partial charge in [0.05, 0.1) is 6.61 Å². The Morgan fingerprint density at radius 1 is 1.05 bits per heavy atom. The summed E-state index contributed by atoms with van der Waals surface area (Å²) in [7, 11) is 0. The monoisotopic (exact) mass is 318 g/mol. The Balaban J connectivity index is 2.28. The lowest BCUT2D eigenvalue weighted by Gasteiger charge is -2.12. The maximum Gasteiger partial charge on any atom is 0.324 e. The lowest BCUT2D eigenvalue weighted by molar-refractivity contribution is -0.153. The first-order valence-corrected chi connectivity index (χ1v) is 7.16. The van der Waals surface area contributed by atoms with Gasteiger partial charge in [0.1, 0.15) is 0 Å². The van der Waals surface area contributed by atoms with Crippen molar-refractivity contribution in [3.05, 3.63) is 59.1 Å². The maximum absolute atomic E-state index is 11.8. The summed E-state index contributed by atoms with van der Waals surface area (Å²) >= 11 is 5.85. The molecule has 1 N–H and O–H groups in total. The minimum atomic E-state index is -1.31. The van der Waals surface area contributed by atoms with E-state index in [1.165, 1.54) is 0 Å². The smallest absolute Gasteiger partial charge is 0.324 e. The van der Waals surface area contributed by atoms with E-state index in [9.17, 15) is 14.7 Å². The Morgan fingerprint density at radius 2 is 1.55 bits per heavy atom. The Labute approximate surface area is 133 Å². The molecule has 0 aliphatic rings. The third-order valence-corrected chi connectivity index (χ3v) is 3.44. The first kappa shape index (κ1) is 16.0. The van der Waals surface area contributed by atoms with Crippen LogP contribution in [0.25, 0.3) is 11.1 Å². The van der Waals surface area contributed by atoms with E-state index in [2.05, 4.69) is 0 Å². The number of carbonyl (C=O) groups is 2. The lowest BCUT2D eigenvalue weighted by Crippen LogP contribution is -2.23. The van der Waals surface area contributed by atoms with Gasteiger partial charge < -0.3 is 9.84 Å². The second-order valence-electron chi connectivity index (χ2n) is 4.65. The van der Waals surface area contributed by atoms with Crippen LogP contribution in [0.15, 0.2) is 48.5 Å². The average Bonchev–Trinajstić information content (AvgIpc) is 2.49. The number of rotatable bonds is 5. The van der Waals surface area contributed by atoms with Gasteiger partial charge in [-0.3, -0.25) is 9.59 Å². The van der Waals surface area contributed by atoms with E-state index in [0.29, 0.717) is 10.6 Å². The number of hydrogen-bond donors (Lipinski definition) is 1. The Morgan fingerprint density at radius 3 is 2.00 bits per heavy atom. The predicted molar refractivity (Wildman–Crippen MR) is 83.9 cm³/mol. The number of ether oxygens (including phenoxy) is 1. The predicted octanol–water partition coefficient (Wildman–Crippen LogP) is 3.74. The van der Waals surface area contributed by atoms with Gasteiger partial charge in [-0.25, -0.2) is 0 Å². The highest BCUT2D eigenvalue weighted by Crippen LogP contribution is 2.25. The van der Waals surface area contributed by atoms with Gasteiger partial charge in [0.15, 0.2) is 5.92 Å². The molecule has 0 aliphatic heterocycles. The van der Waals surface area contributed by atoms with Crippen molar-refractivity contribution in [1.29, 1.82) is 0 Å². The minimum Gasteiger partial charge on any atom is -0.480 e. The second kappa shape index (κ2) is 7.09. The second-order valence-corrected chi connectivity index (χ2v) is 5.09. The van der Waals surface area contributed by atoms with Crippen LogP contribution in [-0.4, -0.2) is 23.7 Å². The Bertz CT molecular complexity index is 662. The molecule has 2 aromatic carbocycles. The molecule has 22 heavy (non-hydrogen) atoms. The highest BCUT2D eigenvalue weighted by atomic mass is 35.5. The van der Waals surface area contributed by atoms with Crippen LogP contribution in [0.3, 0.4) is 0 Å². The van der Waals surface area contributed by atoms with Gasteiger partial charge in [0, 0.05) is 5.02 Å². The number of esters is 1. The number of carboxylic acids is 1. The van der Waals surface area contributed by atoms with Crippen molar-refractivity contribution in [2.75, 3.05) is 6.61 Å². The molecule has 2 rings (SSSR count). The molecular weight excluding hydrogens is 304 g/mol. The molecule has 0 spiro atoms. The van der Waals surface area contributed by atoms with Crippen LogP contribution >= 0.6 is 11.6 Å². The van der Waals surface area contributed by atoms with Gasteiger partial charge in [-0.15, -0.1) is 0 Å². The molecule has 0 aromatic heterocycles. The Kier molecular flexibility index (Phi) is 5.17. The van der Waals surface area contributed by atoms with E-state index in [-0.39, 0.29) is 6.61 Å². The number of carboxylic acid groups (broad SMARTS) is 1. The number of carbonyl (C=O) groups excluding carboxylic acids is 1. The van der Waals surface area contributed by atoms with E-state index >= 15 is 0 Å². The molecule has 0 saturated carbocycles. The molecular formula is C17H15ClO4. The third kappa shape index (κ3) is 3.65. The summed E-state index contributed by atoms with van der Waals surface area (Å²) in [6.07, 6.45) is 0. The molecule has 1 atom stereocenters. The van der Waals surface area contributed by atoms with Crippen LogP contribution in [0.5, 0.6) is 0 Å². The molecule has 1 unspecified atom stereocenters.